The molecule has 0 aliphatic rings. The summed E-state index contributed by atoms with van der Waals surface area (Å²) in [4.78, 5) is 20.8. The van der Waals surface area contributed by atoms with Crippen molar-refractivity contribution in [1.29, 1.82) is 0 Å². The number of hydrogen-bond donors (Lipinski definition) is 1. The van der Waals surface area contributed by atoms with Crippen molar-refractivity contribution in [3.63, 3.8) is 0 Å². The maximum Gasteiger partial charge on any atom is 0.295 e. The number of aryl methyl sites for hydroxylation is 1. The van der Waals surface area contributed by atoms with E-state index in [1.165, 1.54) is 4.52 Å². The van der Waals surface area contributed by atoms with Crippen molar-refractivity contribution in [1.82, 2.24) is 29.4 Å². The van der Waals surface area contributed by atoms with Crippen molar-refractivity contribution in [2.75, 3.05) is 5.32 Å². The Labute approximate surface area is 170 Å². The van der Waals surface area contributed by atoms with Crippen LogP contribution in [0.3, 0.4) is 0 Å². The number of rotatable bonds is 4. The maximum atomic E-state index is 12.6. The second kappa shape index (κ2) is 7.21. The first-order chi connectivity index (χ1) is 13.4. The molecule has 4 rings (SSSR count). The van der Waals surface area contributed by atoms with Gasteiger partial charge in [-0.25, -0.2) is 9.50 Å². The van der Waals surface area contributed by atoms with E-state index in [0.717, 1.165) is 11.3 Å². The molecule has 0 spiro atoms. The average Bonchev–Trinajstić information content (AvgIpc) is 3.21. The predicted octanol–water partition coefficient (Wildman–Crippen LogP) is 3.55. The number of nitrogens with zero attached hydrogens (tertiary/aromatic N) is 6. The summed E-state index contributed by atoms with van der Waals surface area (Å²) in [5.74, 6) is -0.0587. The summed E-state index contributed by atoms with van der Waals surface area (Å²) < 4.78 is 3.19. The fraction of sp³-hybridized carbons (Fsp3) is 0.167. The number of halogens is 2. The van der Waals surface area contributed by atoms with Crippen LogP contribution in [0.2, 0.25) is 10.0 Å². The van der Waals surface area contributed by atoms with Crippen LogP contribution >= 0.6 is 23.2 Å². The lowest BCUT2D eigenvalue weighted by molar-refractivity contribution is 0.101. The molecule has 0 atom stereocenters. The van der Waals surface area contributed by atoms with Crippen LogP contribution in [0.25, 0.3) is 5.78 Å². The summed E-state index contributed by atoms with van der Waals surface area (Å²) >= 11 is 12.5. The lowest BCUT2D eigenvalue weighted by Crippen LogP contribution is -2.15. The molecule has 0 aliphatic carbocycles. The van der Waals surface area contributed by atoms with E-state index < -0.39 is 5.91 Å². The third-order valence-corrected chi connectivity index (χ3v) is 5.02. The molecule has 0 aliphatic heterocycles. The molecule has 0 radical (unpaired) electrons. The van der Waals surface area contributed by atoms with Gasteiger partial charge in [-0.15, -0.1) is 5.10 Å². The Morgan fingerprint density at radius 2 is 1.89 bits per heavy atom. The number of carbonyl (C=O) groups excluding carboxylic acids is 1. The van der Waals surface area contributed by atoms with E-state index in [2.05, 4.69) is 25.5 Å². The largest absolute Gasteiger partial charge is 0.316 e. The van der Waals surface area contributed by atoms with Gasteiger partial charge in [-0.05, 0) is 32.0 Å². The van der Waals surface area contributed by atoms with Crippen molar-refractivity contribution >= 4 is 40.6 Å². The Bertz CT molecular complexity index is 1140. The number of amides is 1. The van der Waals surface area contributed by atoms with Crippen LogP contribution in [-0.2, 0) is 6.54 Å². The SMILES string of the molecule is Cc1nn(Cc2c(Cl)cccc2Cl)c(C)c1NC(=O)c1nc2ncccn2n1. The van der Waals surface area contributed by atoms with Crippen LogP contribution in [0.5, 0.6) is 0 Å². The lowest BCUT2D eigenvalue weighted by atomic mass is 10.2. The molecule has 0 saturated carbocycles. The first kappa shape index (κ1) is 18.4. The zero-order valence-electron chi connectivity index (χ0n) is 15.0. The third-order valence-electron chi connectivity index (χ3n) is 4.31. The van der Waals surface area contributed by atoms with Crippen molar-refractivity contribution < 1.29 is 4.79 Å². The van der Waals surface area contributed by atoms with E-state index in [0.29, 0.717) is 33.7 Å². The Balaban J connectivity index is 1.61. The van der Waals surface area contributed by atoms with Crippen molar-refractivity contribution in [3.05, 3.63) is 69.5 Å². The lowest BCUT2D eigenvalue weighted by Gasteiger charge is -2.09. The Hall–Kier alpha value is -2.97. The van der Waals surface area contributed by atoms with Crippen LogP contribution in [0.4, 0.5) is 5.69 Å². The highest BCUT2D eigenvalue weighted by atomic mass is 35.5. The number of aromatic nitrogens is 6. The minimum absolute atomic E-state index is 0.0272. The molecule has 28 heavy (non-hydrogen) atoms. The summed E-state index contributed by atoms with van der Waals surface area (Å²) in [6.07, 6.45) is 3.26. The fourth-order valence-electron chi connectivity index (χ4n) is 2.86. The van der Waals surface area contributed by atoms with E-state index in [-0.39, 0.29) is 5.82 Å². The smallest absolute Gasteiger partial charge is 0.295 e. The zero-order chi connectivity index (χ0) is 19.8. The number of anilines is 1. The summed E-state index contributed by atoms with van der Waals surface area (Å²) in [5, 5.41) is 12.6. The number of benzene rings is 1. The predicted molar refractivity (Wildman–Crippen MR) is 106 cm³/mol. The summed E-state index contributed by atoms with van der Waals surface area (Å²) in [6, 6.07) is 7.06. The Morgan fingerprint density at radius 3 is 2.61 bits per heavy atom. The minimum Gasteiger partial charge on any atom is -0.316 e. The maximum absolute atomic E-state index is 12.6. The average molecular weight is 416 g/mol. The van der Waals surface area contributed by atoms with Gasteiger partial charge in [0.05, 0.1) is 23.6 Å². The van der Waals surface area contributed by atoms with Crippen molar-refractivity contribution in [2.24, 2.45) is 0 Å². The topological polar surface area (TPSA) is 90.0 Å². The van der Waals surface area contributed by atoms with Gasteiger partial charge in [0.25, 0.3) is 11.7 Å². The highest BCUT2D eigenvalue weighted by molar-refractivity contribution is 6.35. The molecule has 10 heteroatoms. The van der Waals surface area contributed by atoms with Gasteiger partial charge < -0.3 is 5.32 Å². The van der Waals surface area contributed by atoms with Crippen LogP contribution in [0.1, 0.15) is 27.6 Å². The van der Waals surface area contributed by atoms with Crippen LogP contribution in [-0.4, -0.2) is 35.3 Å². The molecule has 1 amide bonds. The van der Waals surface area contributed by atoms with E-state index in [1.807, 2.05) is 13.8 Å². The quantitative estimate of drug-likeness (QED) is 0.550. The molecule has 0 fully saturated rings. The summed E-state index contributed by atoms with van der Waals surface area (Å²) in [6.45, 7) is 4.06. The van der Waals surface area contributed by atoms with Gasteiger partial charge in [0.1, 0.15) is 0 Å². The van der Waals surface area contributed by atoms with Crippen LogP contribution < -0.4 is 5.32 Å². The van der Waals surface area contributed by atoms with E-state index >= 15 is 0 Å². The fourth-order valence-corrected chi connectivity index (χ4v) is 3.38. The molecule has 1 aromatic carbocycles. The normalized spacial score (nSPS) is 11.1. The molecule has 4 aromatic rings. The highest BCUT2D eigenvalue weighted by Crippen LogP contribution is 2.27. The second-order valence-corrected chi connectivity index (χ2v) is 6.97. The highest BCUT2D eigenvalue weighted by Gasteiger charge is 2.19. The molecule has 3 aromatic heterocycles. The van der Waals surface area contributed by atoms with Crippen molar-refractivity contribution in [2.45, 2.75) is 20.4 Å². The molecule has 1 N–H and O–H groups in total. The molecular weight excluding hydrogens is 401 g/mol. The molecule has 142 valence electrons. The monoisotopic (exact) mass is 415 g/mol. The number of hydrogen-bond acceptors (Lipinski definition) is 5. The summed E-state index contributed by atoms with van der Waals surface area (Å²) in [7, 11) is 0. The van der Waals surface area contributed by atoms with Crippen LogP contribution in [0.15, 0.2) is 36.7 Å². The molecule has 0 saturated heterocycles. The van der Waals surface area contributed by atoms with Crippen LogP contribution in [0, 0.1) is 13.8 Å². The third kappa shape index (κ3) is 3.32. The van der Waals surface area contributed by atoms with Gasteiger partial charge in [0.2, 0.25) is 5.82 Å². The standard InChI is InChI=1S/C18H15Cl2N7O/c1-10-15(22-17(28)16-23-18-21-7-4-8-26(18)25-16)11(2)27(24-10)9-12-13(19)5-3-6-14(12)20/h3-8H,9H2,1-2H3,(H,22,28). The van der Waals surface area contributed by atoms with Gasteiger partial charge >= 0.3 is 0 Å². The Morgan fingerprint density at radius 1 is 1.14 bits per heavy atom. The van der Waals surface area contributed by atoms with E-state index in [1.54, 1.807) is 41.3 Å². The first-order valence-electron chi connectivity index (χ1n) is 8.39. The number of fused-ring (bicyclic) bond motifs is 1. The zero-order valence-corrected chi connectivity index (χ0v) is 16.5. The molecular formula is C18H15Cl2N7O. The first-order valence-corrected chi connectivity index (χ1v) is 9.15. The van der Waals surface area contributed by atoms with Gasteiger partial charge in [0.15, 0.2) is 0 Å². The summed E-state index contributed by atoms with van der Waals surface area (Å²) in [5.41, 5.74) is 2.79. The number of carbonyl (C=O) groups is 1. The molecule has 8 nitrogen and oxygen atoms in total. The van der Waals surface area contributed by atoms with E-state index in [4.69, 9.17) is 23.2 Å². The second-order valence-electron chi connectivity index (χ2n) is 6.16. The van der Waals surface area contributed by atoms with Gasteiger partial charge in [0, 0.05) is 28.0 Å². The van der Waals surface area contributed by atoms with Gasteiger partial charge in [-0.3, -0.25) is 9.48 Å². The Kier molecular flexibility index (Phi) is 4.74. The van der Waals surface area contributed by atoms with Crippen molar-refractivity contribution in [3.8, 4) is 0 Å². The van der Waals surface area contributed by atoms with Gasteiger partial charge in [-0.2, -0.15) is 10.1 Å². The van der Waals surface area contributed by atoms with E-state index in [9.17, 15) is 4.79 Å². The molecule has 0 unspecified atom stereocenters. The number of nitrogens with one attached hydrogen (secondary N) is 1. The molecule has 3 heterocycles. The molecule has 0 bridgehead atoms. The minimum atomic E-state index is -0.438. The van der Waals surface area contributed by atoms with Gasteiger partial charge in [-0.1, -0.05) is 29.3 Å².